The molecule has 0 saturated carbocycles. The first-order valence-electron chi connectivity index (χ1n) is 6.04. The van der Waals surface area contributed by atoms with E-state index >= 15 is 0 Å². The number of aromatic nitrogens is 1. The van der Waals surface area contributed by atoms with E-state index < -0.39 is 0 Å². The third-order valence-electron chi connectivity index (χ3n) is 3.02. The number of nitrogens with zero attached hydrogens (tertiary/aromatic N) is 1. The molecule has 3 aromatic rings. The molecule has 0 atom stereocenters. The molecule has 0 bridgehead atoms. The lowest BCUT2D eigenvalue weighted by Crippen LogP contribution is -1.81. The molecule has 0 unspecified atom stereocenters. The third-order valence-corrected chi connectivity index (χ3v) is 3.56. The molecule has 3 nitrogen and oxygen atoms in total. The van der Waals surface area contributed by atoms with Gasteiger partial charge in [-0.15, -0.1) is 0 Å². The van der Waals surface area contributed by atoms with E-state index in [9.17, 15) is 9.50 Å². The van der Waals surface area contributed by atoms with Gasteiger partial charge >= 0.3 is 0 Å². The van der Waals surface area contributed by atoms with Gasteiger partial charge < -0.3 is 10.1 Å². The first kappa shape index (κ1) is 13.9. The van der Waals surface area contributed by atoms with Gasteiger partial charge in [0.2, 0.25) is 0 Å². The molecule has 1 heterocycles. The molecule has 3 rings (SSSR count). The van der Waals surface area contributed by atoms with E-state index in [0.29, 0.717) is 32.2 Å². The Kier molecular flexibility index (Phi) is 3.57. The summed E-state index contributed by atoms with van der Waals surface area (Å²) in [6, 6.07) is 9.09. The summed E-state index contributed by atoms with van der Waals surface area (Å²) in [5.41, 5.74) is 1.53. The topological polar surface area (TPSA) is 48.4 Å². The van der Waals surface area contributed by atoms with Crippen LogP contribution >= 0.6 is 23.2 Å². The average Bonchev–Trinajstić information content (AvgIpc) is 2.73. The zero-order valence-electron chi connectivity index (χ0n) is 10.6. The maximum atomic E-state index is 13.3. The molecule has 0 aliphatic carbocycles. The van der Waals surface area contributed by atoms with Crippen LogP contribution in [0.4, 0.5) is 10.1 Å². The lowest BCUT2D eigenvalue weighted by Gasteiger charge is -1.98. The van der Waals surface area contributed by atoms with Crippen molar-refractivity contribution in [2.24, 2.45) is 4.99 Å². The van der Waals surface area contributed by atoms with Gasteiger partial charge in [-0.3, -0.25) is 4.99 Å². The van der Waals surface area contributed by atoms with Gasteiger partial charge in [0.1, 0.15) is 5.82 Å². The first-order chi connectivity index (χ1) is 10.0. The summed E-state index contributed by atoms with van der Waals surface area (Å²) in [5.74, 6) is -0.467. The second-order valence-corrected chi connectivity index (χ2v) is 5.27. The molecule has 21 heavy (non-hydrogen) atoms. The summed E-state index contributed by atoms with van der Waals surface area (Å²) >= 11 is 11.8. The number of benzene rings is 2. The van der Waals surface area contributed by atoms with Crippen LogP contribution in [0.1, 0.15) is 5.56 Å². The number of nitrogens with one attached hydrogen (secondary N) is 1. The van der Waals surface area contributed by atoms with Crippen molar-refractivity contribution in [3.05, 3.63) is 57.8 Å². The van der Waals surface area contributed by atoms with E-state index in [-0.39, 0.29) is 11.7 Å². The first-order valence-corrected chi connectivity index (χ1v) is 6.79. The molecule has 0 aliphatic heterocycles. The fraction of sp³-hybridized carbons (Fsp3) is 0. The SMILES string of the molecule is Oc1[nH]c2ccc(F)cc2c1C=Nc1ccc(Cl)cc1Cl. The summed E-state index contributed by atoms with van der Waals surface area (Å²) in [5, 5.41) is 11.3. The van der Waals surface area contributed by atoms with Crippen LogP contribution in [0, 0.1) is 5.82 Å². The van der Waals surface area contributed by atoms with Crippen LogP contribution in [0.3, 0.4) is 0 Å². The molecule has 6 heteroatoms. The summed E-state index contributed by atoms with van der Waals surface area (Å²) in [6.07, 6.45) is 1.43. The van der Waals surface area contributed by atoms with E-state index in [4.69, 9.17) is 23.2 Å². The fourth-order valence-corrected chi connectivity index (χ4v) is 2.48. The fourth-order valence-electron chi connectivity index (χ4n) is 2.02. The summed E-state index contributed by atoms with van der Waals surface area (Å²) < 4.78 is 13.3. The maximum Gasteiger partial charge on any atom is 0.198 e. The van der Waals surface area contributed by atoms with Gasteiger partial charge in [0, 0.05) is 22.1 Å². The smallest absolute Gasteiger partial charge is 0.198 e. The highest BCUT2D eigenvalue weighted by molar-refractivity contribution is 6.36. The van der Waals surface area contributed by atoms with Gasteiger partial charge in [-0.1, -0.05) is 23.2 Å². The molecule has 2 N–H and O–H groups in total. The number of rotatable bonds is 2. The Morgan fingerprint density at radius 3 is 2.71 bits per heavy atom. The molecular formula is C15H9Cl2FN2O. The Balaban J connectivity index is 2.06. The molecule has 0 aliphatic rings. The van der Waals surface area contributed by atoms with Crippen molar-refractivity contribution >= 4 is 46.0 Å². The van der Waals surface area contributed by atoms with E-state index in [1.807, 2.05) is 0 Å². The number of H-pyrrole nitrogens is 1. The quantitative estimate of drug-likeness (QED) is 0.636. The molecule has 0 fully saturated rings. The van der Waals surface area contributed by atoms with Gasteiger partial charge in [-0.2, -0.15) is 0 Å². The van der Waals surface area contributed by atoms with Crippen molar-refractivity contribution in [3.63, 3.8) is 0 Å². The largest absolute Gasteiger partial charge is 0.494 e. The van der Waals surface area contributed by atoms with Crippen molar-refractivity contribution in [2.75, 3.05) is 0 Å². The highest BCUT2D eigenvalue weighted by atomic mass is 35.5. The van der Waals surface area contributed by atoms with Gasteiger partial charge in [0.15, 0.2) is 5.88 Å². The van der Waals surface area contributed by atoms with Crippen LogP contribution < -0.4 is 0 Å². The minimum absolute atomic E-state index is 0.0792. The average molecular weight is 323 g/mol. The standard InChI is InChI=1S/C15H9Cl2FN2O/c16-8-1-3-14(12(17)5-8)19-7-11-10-6-9(18)2-4-13(10)20-15(11)21/h1-7,20-21H. The molecular weight excluding hydrogens is 314 g/mol. The Hall–Kier alpha value is -2.04. The molecule has 0 saturated heterocycles. The Bertz CT molecular complexity index is 858. The molecule has 1 aromatic heterocycles. The van der Waals surface area contributed by atoms with Crippen LogP contribution in [0.2, 0.25) is 10.0 Å². The second-order valence-electron chi connectivity index (χ2n) is 4.43. The number of aliphatic imine (C=N–C) groups is 1. The van der Waals surface area contributed by atoms with Gasteiger partial charge in [0.25, 0.3) is 0 Å². The third kappa shape index (κ3) is 2.73. The summed E-state index contributed by atoms with van der Waals surface area (Å²) in [6.45, 7) is 0. The molecule has 2 aromatic carbocycles. The lowest BCUT2D eigenvalue weighted by atomic mass is 10.2. The van der Waals surface area contributed by atoms with Crippen LogP contribution in [0.5, 0.6) is 5.88 Å². The Morgan fingerprint density at radius 1 is 1.14 bits per heavy atom. The number of fused-ring (bicyclic) bond motifs is 1. The highest BCUT2D eigenvalue weighted by Gasteiger charge is 2.10. The number of hydrogen-bond donors (Lipinski definition) is 2. The minimum Gasteiger partial charge on any atom is -0.494 e. The lowest BCUT2D eigenvalue weighted by molar-refractivity contribution is 0.457. The van der Waals surface area contributed by atoms with Crippen LogP contribution in [0.25, 0.3) is 10.9 Å². The van der Waals surface area contributed by atoms with E-state index in [2.05, 4.69) is 9.98 Å². The van der Waals surface area contributed by atoms with Crippen LogP contribution in [-0.4, -0.2) is 16.3 Å². The molecule has 0 spiro atoms. The van der Waals surface area contributed by atoms with Crippen molar-refractivity contribution in [1.29, 1.82) is 0 Å². The zero-order valence-corrected chi connectivity index (χ0v) is 12.1. The summed E-state index contributed by atoms with van der Waals surface area (Å²) in [7, 11) is 0. The predicted molar refractivity (Wildman–Crippen MR) is 83.6 cm³/mol. The van der Waals surface area contributed by atoms with Crippen LogP contribution in [-0.2, 0) is 0 Å². The normalized spacial score (nSPS) is 11.6. The van der Waals surface area contributed by atoms with Crippen molar-refractivity contribution < 1.29 is 9.50 Å². The van der Waals surface area contributed by atoms with Crippen molar-refractivity contribution in [2.45, 2.75) is 0 Å². The highest BCUT2D eigenvalue weighted by Crippen LogP contribution is 2.30. The van der Waals surface area contributed by atoms with Crippen molar-refractivity contribution in [3.8, 4) is 5.88 Å². The number of aromatic amines is 1. The Labute approximate surface area is 129 Å². The van der Waals surface area contributed by atoms with Crippen LogP contribution in [0.15, 0.2) is 41.4 Å². The zero-order chi connectivity index (χ0) is 15.0. The monoisotopic (exact) mass is 322 g/mol. The van der Waals surface area contributed by atoms with E-state index in [1.54, 1.807) is 24.3 Å². The predicted octanol–water partition coefficient (Wildman–Crippen LogP) is 5.07. The van der Waals surface area contributed by atoms with Gasteiger partial charge in [-0.25, -0.2) is 4.39 Å². The number of halogens is 3. The van der Waals surface area contributed by atoms with Gasteiger partial charge in [-0.05, 0) is 36.4 Å². The minimum atomic E-state index is -0.388. The molecule has 0 radical (unpaired) electrons. The Morgan fingerprint density at radius 2 is 1.95 bits per heavy atom. The number of hydrogen-bond acceptors (Lipinski definition) is 2. The molecule has 0 amide bonds. The van der Waals surface area contributed by atoms with Crippen molar-refractivity contribution in [1.82, 2.24) is 4.98 Å². The summed E-state index contributed by atoms with van der Waals surface area (Å²) in [4.78, 5) is 6.97. The maximum absolute atomic E-state index is 13.3. The van der Waals surface area contributed by atoms with E-state index in [0.717, 1.165) is 0 Å². The second kappa shape index (κ2) is 5.39. The van der Waals surface area contributed by atoms with Gasteiger partial charge in [0.05, 0.1) is 16.3 Å². The number of aromatic hydroxyl groups is 1. The molecule has 106 valence electrons. The van der Waals surface area contributed by atoms with E-state index in [1.165, 1.54) is 18.3 Å².